The van der Waals surface area contributed by atoms with Crippen LogP contribution in [0.1, 0.15) is 56.9 Å². The minimum Gasteiger partial charge on any atom is -0.377 e. The van der Waals surface area contributed by atoms with Crippen LogP contribution < -0.4 is 0 Å². The number of hydrogen-bond acceptors (Lipinski definition) is 4. The third kappa shape index (κ3) is 5.41. The van der Waals surface area contributed by atoms with Gasteiger partial charge in [0.1, 0.15) is 5.82 Å². The van der Waals surface area contributed by atoms with Gasteiger partial charge in [0, 0.05) is 44.7 Å². The molecule has 1 aromatic carbocycles. The number of benzene rings is 1. The van der Waals surface area contributed by atoms with Gasteiger partial charge in [0.25, 0.3) is 0 Å². The summed E-state index contributed by atoms with van der Waals surface area (Å²) in [7, 11) is 0. The highest BCUT2D eigenvalue weighted by molar-refractivity contribution is 5.40. The molecule has 0 amide bonds. The molecule has 32 heavy (non-hydrogen) atoms. The van der Waals surface area contributed by atoms with Gasteiger partial charge in [-0.15, -0.1) is 0 Å². The number of nitrogens with zero attached hydrogens (tertiary/aromatic N) is 4. The lowest BCUT2D eigenvalue weighted by Gasteiger charge is -2.38. The van der Waals surface area contributed by atoms with Gasteiger partial charge in [-0.1, -0.05) is 12.8 Å². The van der Waals surface area contributed by atoms with E-state index in [2.05, 4.69) is 14.9 Å². The van der Waals surface area contributed by atoms with E-state index < -0.39 is 0 Å². The molecule has 0 bridgehead atoms. The van der Waals surface area contributed by atoms with Gasteiger partial charge in [0.2, 0.25) is 0 Å². The van der Waals surface area contributed by atoms with Crippen LogP contribution in [-0.2, 0) is 11.3 Å². The summed E-state index contributed by atoms with van der Waals surface area (Å²) in [6.07, 6.45) is 14.4. The molecule has 0 spiro atoms. The first-order valence-electron chi connectivity index (χ1n) is 12.6. The monoisotopic (exact) mass is 440 g/mol. The molecule has 6 heteroatoms. The molecule has 1 saturated carbocycles. The van der Waals surface area contributed by atoms with E-state index in [1.54, 1.807) is 12.3 Å². The molecular weight excluding hydrogens is 403 g/mol. The Morgan fingerprint density at radius 2 is 1.88 bits per heavy atom. The third-order valence-corrected chi connectivity index (χ3v) is 7.68. The molecule has 2 aliphatic heterocycles. The topological polar surface area (TPSA) is 33.5 Å². The molecule has 1 aromatic heterocycles. The van der Waals surface area contributed by atoms with Crippen LogP contribution in [0.5, 0.6) is 0 Å². The van der Waals surface area contributed by atoms with Gasteiger partial charge < -0.3 is 9.64 Å². The number of halogens is 1. The average molecular weight is 441 g/mol. The normalized spacial score (nSPS) is 23.5. The lowest BCUT2D eigenvalue weighted by Crippen LogP contribution is -2.43. The standard InChI is InChI=1S/C26H37FN4O/c27-23-8-9-26(31-13-4-12-28-31)22(17-23)19-29(20-25-7-3-16-32-25)18-21-10-14-30(15-11-21)24-5-1-2-6-24/h4,8-9,12-13,17,21,24-25H,1-3,5-7,10-11,14-16,18-20H2/t25-/m0/s1. The Hall–Kier alpha value is -1.76. The van der Waals surface area contributed by atoms with Crippen LogP contribution in [0.15, 0.2) is 36.7 Å². The Balaban J connectivity index is 1.27. The lowest BCUT2D eigenvalue weighted by atomic mass is 9.94. The van der Waals surface area contributed by atoms with Crippen LogP contribution in [0.4, 0.5) is 4.39 Å². The largest absolute Gasteiger partial charge is 0.377 e. The van der Waals surface area contributed by atoms with E-state index in [0.717, 1.165) is 56.4 Å². The second kappa shape index (κ2) is 10.4. The number of aromatic nitrogens is 2. The number of rotatable bonds is 8. The minimum absolute atomic E-state index is 0.183. The van der Waals surface area contributed by atoms with Crippen molar-refractivity contribution in [3.05, 3.63) is 48.0 Å². The molecular formula is C26H37FN4O. The quantitative estimate of drug-likeness (QED) is 0.599. The predicted molar refractivity (Wildman–Crippen MR) is 124 cm³/mol. The maximum absolute atomic E-state index is 14.2. The van der Waals surface area contributed by atoms with E-state index in [1.165, 1.54) is 57.7 Å². The van der Waals surface area contributed by atoms with Gasteiger partial charge in [0.05, 0.1) is 11.8 Å². The summed E-state index contributed by atoms with van der Waals surface area (Å²) in [6, 6.07) is 7.81. The van der Waals surface area contributed by atoms with Crippen LogP contribution in [0.3, 0.4) is 0 Å². The number of likely N-dealkylation sites (tertiary alicyclic amines) is 1. The molecule has 2 aromatic rings. The summed E-state index contributed by atoms with van der Waals surface area (Å²) in [4.78, 5) is 5.27. The summed E-state index contributed by atoms with van der Waals surface area (Å²) in [5.41, 5.74) is 1.96. The first-order valence-corrected chi connectivity index (χ1v) is 12.6. The molecule has 1 atom stereocenters. The molecule has 174 valence electrons. The molecule has 0 unspecified atom stereocenters. The Labute approximate surface area is 191 Å². The molecule has 5 nitrogen and oxygen atoms in total. The summed E-state index contributed by atoms with van der Waals surface area (Å²) in [6.45, 7) is 6.07. The van der Waals surface area contributed by atoms with E-state index in [4.69, 9.17) is 4.74 Å². The van der Waals surface area contributed by atoms with E-state index >= 15 is 0 Å². The van der Waals surface area contributed by atoms with Crippen molar-refractivity contribution in [2.45, 2.75) is 70.1 Å². The summed E-state index contributed by atoms with van der Waals surface area (Å²) < 4.78 is 22.0. The molecule has 2 saturated heterocycles. The zero-order chi connectivity index (χ0) is 21.8. The van der Waals surface area contributed by atoms with E-state index in [-0.39, 0.29) is 5.82 Å². The predicted octanol–water partition coefficient (Wildman–Crippen LogP) is 4.65. The first-order chi connectivity index (χ1) is 15.7. The van der Waals surface area contributed by atoms with Crippen LogP contribution in [0.2, 0.25) is 0 Å². The molecule has 1 aliphatic carbocycles. The van der Waals surface area contributed by atoms with E-state index in [0.29, 0.717) is 12.0 Å². The van der Waals surface area contributed by atoms with Crippen LogP contribution in [-0.4, -0.2) is 64.5 Å². The van der Waals surface area contributed by atoms with Crippen LogP contribution in [0, 0.1) is 11.7 Å². The molecule has 3 aliphatic rings. The fourth-order valence-electron chi connectivity index (χ4n) is 5.97. The van der Waals surface area contributed by atoms with Gasteiger partial charge in [-0.25, -0.2) is 9.07 Å². The first kappa shape index (κ1) is 22.1. The summed E-state index contributed by atoms with van der Waals surface area (Å²) in [5.74, 6) is 0.522. The second-order valence-electron chi connectivity index (χ2n) is 9.97. The molecule has 5 rings (SSSR count). The SMILES string of the molecule is Fc1ccc(-n2cccn2)c(CN(CC2CCN(C3CCCC3)CC2)C[C@@H]2CCCO2)c1. The highest BCUT2D eigenvalue weighted by atomic mass is 19.1. The fraction of sp³-hybridized carbons (Fsp3) is 0.654. The molecule has 3 heterocycles. The highest BCUT2D eigenvalue weighted by Crippen LogP contribution is 2.29. The maximum atomic E-state index is 14.2. The summed E-state index contributed by atoms with van der Waals surface area (Å²) in [5, 5.41) is 4.39. The van der Waals surface area contributed by atoms with Crippen molar-refractivity contribution in [2.75, 3.05) is 32.8 Å². The van der Waals surface area contributed by atoms with Crippen molar-refractivity contribution in [1.29, 1.82) is 0 Å². The van der Waals surface area contributed by atoms with Gasteiger partial charge >= 0.3 is 0 Å². The number of hydrogen-bond donors (Lipinski definition) is 0. The number of ether oxygens (including phenoxy) is 1. The van der Waals surface area contributed by atoms with Crippen molar-refractivity contribution in [1.82, 2.24) is 19.6 Å². The lowest BCUT2D eigenvalue weighted by molar-refractivity contribution is 0.0539. The van der Waals surface area contributed by atoms with Crippen LogP contribution >= 0.6 is 0 Å². The zero-order valence-electron chi connectivity index (χ0n) is 19.2. The smallest absolute Gasteiger partial charge is 0.123 e. The van der Waals surface area contributed by atoms with Crippen molar-refractivity contribution >= 4 is 0 Å². The van der Waals surface area contributed by atoms with Crippen molar-refractivity contribution in [3.63, 3.8) is 0 Å². The van der Waals surface area contributed by atoms with E-state index in [1.807, 2.05) is 23.0 Å². The van der Waals surface area contributed by atoms with E-state index in [9.17, 15) is 4.39 Å². The van der Waals surface area contributed by atoms with Gasteiger partial charge in [-0.3, -0.25) is 4.90 Å². The Morgan fingerprint density at radius 3 is 2.59 bits per heavy atom. The molecule has 0 N–H and O–H groups in total. The van der Waals surface area contributed by atoms with Gasteiger partial charge in [-0.05, 0) is 87.4 Å². The fourth-order valence-corrected chi connectivity index (χ4v) is 5.97. The summed E-state index contributed by atoms with van der Waals surface area (Å²) >= 11 is 0. The highest BCUT2D eigenvalue weighted by Gasteiger charge is 2.29. The number of piperidine rings is 1. The van der Waals surface area contributed by atoms with Gasteiger partial charge in [0.15, 0.2) is 0 Å². The Kier molecular flexibility index (Phi) is 7.20. The van der Waals surface area contributed by atoms with Crippen molar-refractivity contribution < 1.29 is 9.13 Å². The average Bonchev–Trinajstić information content (AvgIpc) is 3.58. The van der Waals surface area contributed by atoms with Crippen LogP contribution in [0.25, 0.3) is 5.69 Å². The molecule has 0 radical (unpaired) electrons. The maximum Gasteiger partial charge on any atom is 0.123 e. The Morgan fingerprint density at radius 1 is 1.03 bits per heavy atom. The van der Waals surface area contributed by atoms with Crippen molar-refractivity contribution in [2.24, 2.45) is 5.92 Å². The van der Waals surface area contributed by atoms with Crippen molar-refractivity contribution in [3.8, 4) is 5.69 Å². The van der Waals surface area contributed by atoms with Gasteiger partial charge in [-0.2, -0.15) is 5.10 Å². The third-order valence-electron chi connectivity index (χ3n) is 7.68. The Bertz CT molecular complexity index is 838. The zero-order valence-corrected chi connectivity index (χ0v) is 19.2. The minimum atomic E-state index is -0.183. The second-order valence-corrected chi connectivity index (χ2v) is 9.97. The molecule has 3 fully saturated rings.